The van der Waals surface area contributed by atoms with E-state index in [1.54, 1.807) is 0 Å². The van der Waals surface area contributed by atoms with Crippen molar-refractivity contribution in [1.82, 2.24) is 4.90 Å². The maximum absolute atomic E-state index is 12.7. The standard InChI is InChI=1S/C33H36N2O/c1-23-20-27(32(36)34-28-9-4-3-5-10-28)13-15-30(23)26-12-14-29(21-26)35-19-18-33(24(2)22-35)17-16-25-8-6-7-11-31(25)33/h3-11,13,15-17,20,24,26,29H,12,14,18-19,21-22H2,1-2H3,(H,34,36)/t24-,26?,29?,33?/m0/s1. The summed E-state index contributed by atoms with van der Waals surface area (Å²) >= 11 is 0. The molecule has 1 saturated heterocycles. The molecule has 3 aliphatic rings. The van der Waals surface area contributed by atoms with Crippen molar-refractivity contribution in [3.63, 3.8) is 0 Å². The summed E-state index contributed by atoms with van der Waals surface area (Å²) in [5.74, 6) is 1.16. The number of likely N-dealkylation sites (tertiary alicyclic amines) is 1. The molecule has 3 aromatic carbocycles. The second-order valence-electron chi connectivity index (χ2n) is 11.2. The molecule has 3 unspecified atom stereocenters. The Morgan fingerprint density at radius 2 is 1.81 bits per heavy atom. The monoisotopic (exact) mass is 476 g/mol. The highest BCUT2D eigenvalue weighted by Crippen LogP contribution is 2.48. The van der Waals surface area contributed by atoms with Gasteiger partial charge >= 0.3 is 0 Å². The van der Waals surface area contributed by atoms with Crippen LogP contribution in [0.4, 0.5) is 5.69 Å². The van der Waals surface area contributed by atoms with Crippen LogP contribution in [0.2, 0.25) is 0 Å². The smallest absolute Gasteiger partial charge is 0.255 e. The minimum absolute atomic E-state index is 0.0427. The summed E-state index contributed by atoms with van der Waals surface area (Å²) in [7, 11) is 0. The van der Waals surface area contributed by atoms with Crippen molar-refractivity contribution < 1.29 is 4.79 Å². The number of para-hydroxylation sites is 1. The number of fused-ring (bicyclic) bond motifs is 2. The number of aryl methyl sites for hydroxylation is 1. The third-order valence-electron chi connectivity index (χ3n) is 9.15. The van der Waals surface area contributed by atoms with Crippen molar-refractivity contribution in [3.8, 4) is 0 Å². The fourth-order valence-electron chi connectivity index (χ4n) is 7.13. The third-order valence-corrected chi connectivity index (χ3v) is 9.15. The van der Waals surface area contributed by atoms with Crippen LogP contribution < -0.4 is 5.32 Å². The summed E-state index contributed by atoms with van der Waals surface area (Å²) < 4.78 is 0. The molecule has 1 spiro atoms. The predicted molar refractivity (Wildman–Crippen MR) is 148 cm³/mol. The Hall–Kier alpha value is -3.17. The molecule has 4 atom stereocenters. The normalized spacial score (nSPS) is 27.3. The summed E-state index contributed by atoms with van der Waals surface area (Å²) in [4.78, 5) is 15.5. The number of benzene rings is 3. The van der Waals surface area contributed by atoms with E-state index >= 15 is 0 Å². The van der Waals surface area contributed by atoms with Gasteiger partial charge in [0.1, 0.15) is 0 Å². The molecule has 1 saturated carbocycles. The van der Waals surface area contributed by atoms with Gasteiger partial charge < -0.3 is 10.2 Å². The molecule has 0 radical (unpaired) electrons. The zero-order valence-corrected chi connectivity index (χ0v) is 21.4. The van der Waals surface area contributed by atoms with Crippen molar-refractivity contribution in [3.05, 3.63) is 107 Å². The highest BCUT2D eigenvalue weighted by Gasteiger charge is 2.45. The van der Waals surface area contributed by atoms with Crippen LogP contribution in [-0.2, 0) is 5.41 Å². The zero-order chi connectivity index (χ0) is 24.7. The molecular weight excluding hydrogens is 440 g/mol. The SMILES string of the molecule is Cc1cc(C(=O)Nc2ccccc2)ccc1C1CCC(N2CCC3(C=Cc4ccccc43)[C@@H](C)C2)C1. The van der Waals surface area contributed by atoms with Gasteiger partial charge in [0.25, 0.3) is 5.91 Å². The van der Waals surface area contributed by atoms with Crippen LogP contribution in [-0.4, -0.2) is 29.9 Å². The van der Waals surface area contributed by atoms with E-state index in [0.29, 0.717) is 17.9 Å². The summed E-state index contributed by atoms with van der Waals surface area (Å²) in [6.45, 7) is 6.97. The van der Waals surface area contributed by atoms with E-state index < -0.39 is 0 Å². The first-order valence-electron chi connectivity index (χ1n) is 13.5. The van der Waals surface area contributed by atoms with Crippen LogP contribution in [0, 0.1) is 12.8 Å². The Labute approximate surface area is 215 Å². The fourth-order valence-corrected chi connectivity index (χ4v) is 7.13. The number of hydrogen-bond donors (Lipinski definition) is 1. The number of nitrogens with zero attached hydrogens (tertiary/aromatic N) is 1. The van der Waals surface area contributed by atoms with Crippen LogP contribution in [0.1, 0.15) is 71.1 Å². The molecule has 184 valence electrons. The molecule has 3 heteroatoms. The Balaban J connectivity index is 1.10. The quantitative estimate of drug-likeness (QED) is 0.432. The van der Waals surface area contributed by atoms with E-state index in [0.717, 1.165) is 11.3 Å². The van der Waals surface area contributed by atoms with Crippen molar-refractivity contribution in [2.24, 2.45) is 5.92 Å². The second-order valence-corrected chi connectivity index (χ2v) is 11.2. The van der Waals surface area contributed by atoms with Crippen LogP contribution >= 0.6 is 0 Å². The lowest BCUT2D eigenvalue weighted by atomic mass is 9.68. The van der Waals surface area contributed by atoms with Crippen molar-refractivity contribution in [1.29, 1.82) is 0 Å². The van der Waals surface area contributed by atoms with Gasteiger partial charge in [-0.1, -0.05) is 67.6 Å². The average molecular weight is 477 g/mol. The number of rotatable bonds is 4. The lowest BCUT2D eigenvalue weighted by Gasteiger charge is -2.46. The van der Waals surface area contributed by atoms with E-state index in [9.17, 15) is 4.79 Å². The van der Waals surface area contributed by atoms with Gasteiger partial charge in [-0.05, 0) is 97.5 Å². The molecule has 1 amide bonds. The average Bonchev–Trinajstić information content (AvgIpc) is 3.53. The van der Waals surface area contributed by atoms with Gasteiger partial charge in [-0.2, -0.15) is 0 Å². The Bertz CT molecular complexity index is 1300. The molecular formula is C33H36N2O. The largest absolute Gasteiger partial charge is 0.322 e. The van der Waals surface area contributed by atoms with Gasteiger partial charge in [-0.15, -0.1) is 0 Å². The highest BCUT2D eigenvalue weighted by molar-refractivity contribution is 6.04. The summed E-state index contributed by atoms with van der Waals surface area (Å²) in [5.41, 5.74) is 7.39. The van der Waals surface area contributed by atoms with Gasteiger partial charge in [0.2, 0.25) is 0 Å². The number of anilines is 1. The molecule has 1 aliphatic heterocycles. The lowest BCUT2D eigenvalue weighted by molar-refractivity contribution is 0.0898. The Kier molecular flexibility index (Phi) is 6.05. The molecule has 2 aliphatic carbocycles. The van der Waals surface area contributed by atoms with Gasteiger partial charge in [0.15, 0.2) is 0 Å². The number of allylic oxidation sites excluding steroid dienone is 1. The molecule has 36 heavy (non-hydrogen) atoms. The fraction of sp³-hybridized carbons (Fsp3) is 0.364. The minimum atomic E-state index is -0.0427. The number of nitrogens with one attached hydrogen (secondary N) is 1. The van der Waals surface area contributed by atoms with E-state index in [-0.39, 0.29) is 11.3 Å². The van der Waals surface area contributed by atoms with Crippen molar-refractivity contribution >= 4 is 17.7 Å². The molecule has 0 bridgehead atoms. The molecule has 3 aromatic rings. The number of hydrogen-bond acceptors (Lipinski definition) is 2. The Morgan fingerprint density at radius 1 is 1.00 bits per heavy atom. The van der Waals surface area contributed by atoms with Crippen LogP contribution in [0.5, 0.6) is 0 Å². The molecule has 3 nitrogen and oxygen atoms in total. The topological polar surface area (TPSA) is 32.3 Å². The number of carbonyl (C=O) groups is 1. The first-order valence-corrected chi connectivity index (χ1v) is 13.5. The van der Waals surface area contributed by atoms with E-state index in [1.165, 1.54) is 61.0 Å². The zero-order valence-electron chi connectivity index (χ0n) is 21.4. The highest BCUT2D eigenvalue weighted by atomic mass is 16.1. The lowest BCUT2D eigenvalue weighted by Crippen LogP contribution is -2.50. The first kappa shape index (κ1) is 23.2. The second kappa shape index (κ2) is 9.37. The van der Waals surface area contributed by atoms with E-state index in [4.69, 9.17) is 0 Å². The van der Waals surface area contributed by atoms with Gasteiger partial charge in [0.05, 0.1) is 0 Å². The molecule has 1 heterocycles. The van der Waals surface area contributed by atoms with Crippen LogP contribution in [0.3, 0.4) is 0 Å². The van der Waals surface area contributed by atoms with Crippen LogP contribution in [0.25, 0.3) is 6.08 Å². The number of piperidine rings is 1. The third kappa shape index (κ3) is 4.10. The predicted octanol–water partition coefficient (Wildman–Crippen LogP) is 7.19. The summed E-state index contributed by atoms with van der Waals surface area (Å²) in [5, 5.41) is 3.01. The number of amides is 1. The van der Waals surface area contributed by atoms with Gasteiger partial charge in [-0.3, -0.25) is 4.79 Å². The summed E-state index contributed by atoms with van der Waals surface area (Å²) in [6.07, 6.45) is 9.79. The molecule has 1 N–H and O–H groups in total. The van der Waals surface area contributed by atoms with Gasteiger partial charge in [-0.25, -0.2) is 0 Å². The molecule has 2 fully saturated rings. The maximum atomic E-state index is 12.7. The van der Waals surface area contributed by atoms with Crippen LogP contribution in [0.15, 0.2) is 78.9 Å². The van der Waals surface area contributed by atoms with Crippen molar-refractivity contribution in [2.75, 3.05) is 18.4 Å². The van der Waals surface area contributed by atoms with Gasteiger partial charge in [0, 0.05) is 29.3 Å². The first-order chi connectivity index (χ1) is 17.5. The Morgan fingerprint density at radius 3 is 2.61 bits per heavy atom. The van der Waals surface area contributed by atoms with Crippen molar-refractivity contribution in [2.45, 2.75) is 56.9 Å². The minimum Gasteiger partial charge on any atom is -0.322 e. The maximum Gasteiger partial charge on any atom is 0.255 e. The number of carbonyl (C=O) groups excluding carboxylic acids is 1. The van der Waals surface area contributed by atoms with E-state index in [1.807, 2.05) is 36.4 Å². The molecule has 0 aromatic heterocycles. The van der Waals surface area contributed by atoms with E-state index in [2.05, 4.69) is 72.6 Å². The molecule has 6 rings (SSSR count). The summed E-state index contributed by atoms with van der Waals surface area (Å²) in [6, 6.07) is 25.6.